The first kappa shape index (κ1) is 14.0. The maximum Gasteiger partial charge on any atom is 0.178 e. The van der Waals surface area contributed by atoms with E-state index in [0.717, 1.165) is 5.69 Å². The lowest BCUT2D eigenvalue weighted by molar-refractivity contribution is 0.560. The summed E-state index contributed by atoms with van der Waals surface area (Å²) in [6.45, 7) is 8.06. The van der Waals surface area contributed by atoms with Gasteiger partial charge in [-0.15, -0.1) is 0 Å². The lowest BCUT2D eigenvalue weighted by Gasteiger charge is -2.18. The highest BCUT2D eigenvalue weighted by molar-refractivity contribution is 7.91. The molecule has 1 aromatic rings. The fraction of sp³-hybridized carbons (Fsp3) is 0.538. The number of hydrogen-bond donors (Lipinski definition) is 1. The summed E-state index contributed by atoms with van der Waals surface area (Å²) in [5, 5.41) is 3.34. The molecule has 4 heteroatoms. The summed E-state index contributed by atoms with van der Waals surface area (Å²) < 4.78 is 23.2. The Hall–Kier alpha value is -1.03. The second-order valence-corrected chi connectivity index (χ2v) is 6.88. The van der Waals surface area contributed by atoms with Crippen LogP contribution in [0.3, 0.4) is 0 Å². The van der Waals surface area contributed by atoms with Crippen molar-refractivity contribution in [2.24, 2.45) is 5.92 Å². The van der Waals surface area contributed by atoms with Gasteiger partial charge in [-0.2, -0.15) is 0 Å². The van der Waals surface area contributed by atoms with Crippen molar-refractivity contribution in [3.63, 3.8) is 0 Å². The molecule has 1 N–H and O–H groups in total. The summed E-state index contributed by atoms with van der Waals surface area (Å²) in [7, 11) is -3.09. The van der Waals surface area contributed by atoms with Crippen molar-refractivity contribution in [1.29, 1.82) is 0 Å². The van der Waals surface area contributed by atoms with E-state index in [4.69, 9.17) is 0 Å². The van der Waals surface area contributed by atoms with Crippen LogP contribution in [0.25, 0.3) is 0 Å². The van der Waals surface area contributed by atoms with Crippen LogP contribution in [0.1, 0.15) is 27.7 Å². The largest absolute Gasteiger partial charge is 0.382 e. The van der Waals surface area contributed by atoms with E-state index < -0.39 is 9.84 Å². The van der Waals surface area contributed by atoms with Gasteiger partial charge in [0.25, 0.3) is 0 Å². The molecule has 0 aliphatic carbocycles. The number of anilines is 1. The molecule has 0 saturated heterocycles. The molecule has 0 heterocycles. The third-order valence-electron chi connectivity index (χ3n) is 2.99. The van der Waals surface area contributed by atoms with Crippen LogP contribution in [0.15, 0.2) is 29.2 Å². The topological polar surface area (TPSA) is 46.2 Å². The molecule has 0 aliphatic rings. The van der Waals surface area contributed by atoms with E-state index in [1.807, 2.05) is 12.1 Å². The number of benzene rings is 1. The van der Waals surface area contributed by atoms with Gasteiger partial charge in [-0.1, -0.05) is 20.8 Å². The molecule has 1 atom stereocenters. The minimum absolute atomic E-state index is 0.141. The molecule has 1 unspecified atom stereocenters. The van der Waals surface area contributed by atoms with Gasteiger partial charge in [0.15, 0.2) is 9.84 Å². The van der Waals surface area contributed by atoms with Gasteiger partial charge in [-0.05, 0) is 37.1 Å². The molecule has 0 amide bonds. The van der Waals surface area contributed by atoms with Gasteiger partial charge < -0.3 is 5.32 Å². The third-order valence-corrected chi connectivity index (χ3v) is 4.74. The number of nitrogens with one attached hydrogen (secondary N) is 1. The Morgan fingerprint density at radius 2 is 1.65 bits per heavy atom. The maximum atomic E-state index is 11.6. The molecule has 0 saturated carbocycles. The highest BCUT2D eigenvalue weighted by Crippen LogP contribution is 2.17. The quantitative estimate of drug-likeness (QED) is 0.880. The van der Waals surface area contributed by atoms with E-state index in [-0.39, 0.29) is 5.75 Å². The normalized spacial score (nSPS) is 13.7. The summed E-state index contributed by atoms with van der Waals surface area (Å²) >= 11 is 0. The predicted octanol–water partition coefficient (Wildman–Crippen LogP) is 2.94. The zero-order valence-electron chi connectivity index (χ0n) is 10.9. The third kappa shape index (κ3) is 3.73. The molecular weight excluding hydrogens is 234 g/mol. The van der Waals surface area contributed by atoms with E-state index in [1.165, 1.54) is 0 Å². The van der Waals surface area contributed by atoms with Crippen LogP contribution in [0.5, 0.6) is 0 Å². The Morgan fingerprint density at radius 1 is 1.12 bits per heavy atom. The van der Waals surface area contributed by atoms with Crippen molar-refractivity contribution >= 4 is 15.5 Å². The van der Waals surface area contributed by atoms with E-state index in [1.54, 1.807) is 19.1 Å². The molecular formula is C13H21NO2S. The SMILES string of the molecule is CCS(=O)(=O)c1ccc(NC(C)C(C)C)cc1. The average molecular weight is 255 g/mol. The summed E-state index contributed by atoms with van der Waals surface area (Å²) in [6.07, 6.45) is 0. The molecule has 0 spiro atoms. The minimum atomic E-state index is -3.09. The van der Waals surface area contributed by atoms with Crippen LogP contribution in [0.2, 0.25) is 0 Å². The van der Waals surface area contributed by atoms with E-state index in [2.05, 4.69) is 26.1 Å². The Labute approximate surface area is 104 Å². The maximum absolute atomic E-state index is 11.6. The summed E-state index contributed by atoms with van der Waals surface area (Å²) in [6, 6.07) is 7.33. The van der Waals surface area contributed by atoms with Crippen molar-refractivity contribution in [2.75, 3.05) is 11.1 Å². The highest BCUT2D eigenvalue weighted by atomic mass is 32.2. The summed E-state index contributed by atoms with van der Waals surface area (Å²) in [5.74, 6) is 0.677. The van der Waals surface area contributed by atoms with Gasteiger partial charge in [0.1, 0.15) is 0 Å². The molecule has 0 aromatic heterocycles. The van der Waals surface area contributed by atoms with E-state index in [9.17, 15) is 8.42 Å². The molecule has 1 rings (SSSR count). The minimum Gasteiger partial charge on any atom is -0.382 e. The summed E-state index contributed by atoms with van der Waals surface area (Å²) in [5.41, 5.74) is 0.959. The Balaban J connectivity index is 2.82. The zero-order valence-corrected chi connectivity index (χ0v) is 11.7. The van der Waals surface area contributed by atoms with Crippen LogP contribution >= 0.6 is 0 Å². The van der Waals surface area contributed by atoms with Crippen LogP contribution in [-0.2, 0) is 9.84 Å². The predicted molar refractivity (Wildman–Crippen MR) is 72.1 cm³/mol. The van der Waals surface area contributed by atoms with Crippen LogP contribution in [-0.4, -0.2) is 20.2 Å². The molecule has 1 aromatic carbocycles. The Bertz CT molecular complexity index is 449. The van der Waals surface area contributed by atoms with E-state index >= 15 is 0 Å². The Kier molecular flexibility index (Phi) is 4.57. The fourth-order valence-corrected chi connectivity index (χ4v) is 2.24. The molecule has 0 fully saturated rings. The van der Waals surface area contributed by atoms with Gasteiger partial charge in [0.2, 0.25) is 0 Å². The van der Waals surface area contributed by atoms with Gasteiger partial charge in [0.05, 0.1) is 10.6 Å². The summed E-state index contributed by atoms with van der Waals surface area (Å²) in [4.78, 5) is 0.391. The van der Waals surface area contributed by atoms with Crippen molar-refractivity contribution in [2.45, 2.75) is 38.6 Å². The van der Waals surface area contributed by atoms with Gasteiger partial charge in [0, 0.05) is 11.7 Å². The second kappa shape index (κ2) is 5.54. The van der Waals surface area contributed by atoms with Gasteiger partial charge >= 0.3 is 0 Å². The average Bonchev–Trinajstić information content (AvgIpc) is 2.29. The molecule has 17 heavy (non-hydrogen) atoms. The van der Waals surface area contributed by atoms with Crippen LogP contribution < -0.4 is 5.32 Å². The van der Waals surface area contributed by atoms with Crippen LogP contribution in [0.4, 0.5) is 5.69 Å². The Morgan fingerprint density at radius 3 is 2.06 bits per heavy atom. The molecule has 0 radical (unpaired) electrons. The van der Waals surface area contributed by atoms with Gasteiger partial charge in [-0.3, -0.25) is 0 Å². The van der Waals surface area contributed by atoms with Crippen molar-refractivity contribution in [1.82, 2.24) is 0 Å². The van der Waals surface area contributed by atoms with Crippen molar-refractivity contribution in [3.05, 3.63) is 24.3 Å². The zero-order chi connectivity index (χ0) is 13.1. The van der Waals surface area contributed by atoms with E-state index in [0.29, 0.717) is 16.9 Å². The molecule has 0 bridgehead atoms. The lowest BCUT2D eigenvalue weighted by atomic mass is 10.1. The fourth-order valence-electron chi connectivity index (χ4n) is 1.35. The molecule has 96 valence electrons. The van der Waals surface area contributed by atoms with Crippen LogP contribution in [0, 0.1) is 5.92 Å². The number of sulfone groups is 1. The van der Waals surface area contributed by atoms with Gasteiger partial charge in [-0.25, -0.2) is 8.42 Å². The standard InChI is InChI=1S/C13H21NO2S/c1-5-17(15,16)13-8-6-12(7-9-13)14-11(4)10(2)3/h6-11,14H,5H2,1-4H3. The van der Waals surface area contributed by atoms with Crippen molar-refractivity contribution < 1.29 is 8.42 Å². The monoisotopic (exact) mass is 255 g/mol. The first-order valence-corrected chi connectivity index (χ1v) is 7.61. The first-order chi connectivity index (χ1) is 7.86. The lowest BCUT2D eigenvalue weighted by Crippen LogP contribution is -2.21. The highest BCUT2D eigenvalue weighted by Gasteiger charge is 2.11. The number of rotatable bonds is 5. The first-order valence-electron chi connectivity index (χ1n) is 5.96. The molecule has 0 aliphatic heterocycles. The molecule has 3 nitrogen and oxygen atoms in total. The number of hydrogen-bond acceptors (Lipinski definition) is 3. The smallest absolute Gasteiger partial charge is 0.178 e. The van der Waals surface area contributed by atoms with Crippen molar-refractivity contribution in [3.8, 4) is 0 Å². The second-order valence-electron chi connectivity index (χ2n) is 4.60.